The van der Waals surface area contributed by atoms with Crippen molar-refractivity contribution in [3.8, 4) is 0 Å². The zero-order valence-corrected chi connectivity index (χ0v) is 13.5. The molecule has 1 fully saturated rings. The lowest BCUT2D eigenvalue weighted by Gasteiger charge is -2.28. The Morgan fingerprint density at radius 2 is 2.29 bits per heavy atom. The van der Waals surface area contributed by atoms with Crippen molar-refractivity contribution in [1.82, 2.24) is 9.71 Å². The Bertz CT molecular complexity index is 591. The second-order valence-electron chi connectivity index (χ2n) is 5.59. The van der Waals surface area contributed by atoms with Gasteiger partial charge < -0.3 is 10.1 Å². The van der Waals surface area contributed by atoms with Gasteiger partial charge in [0, 0.05) is 25.4 Å². The minimum Gasteiger partial charge on any atom is -0.376 e. The van der Waals surface area contributed by atoms with Crippen LogP contribution in [-0.2, 0) is 14.8 Å². The van der Waals surface area contributed by atoms with Gasteiger partial charge in [-0.2, -0.15) is 0 Å². The number of ether oxygens (including phenoxy) is 1. The van der Waals surface area contributed by atoms with E-state index in [-0.39, 0.29) is 11.0 Å². The molecule has 0 amide bonds. The normalized spacial score (nSPS) is 26.0. The lowest BCUT2D eigenvalue weighted by molar-refractivity contribution is 0.0957. The fourth-order valence-corrected chi connectivity index (χ4v) is 3.77. The zero-order chi connectivity index (χ0) is 15.5. The summed E-state index contributed by atoms with van der Waals surface area (Å²) in [5.74, 6) is 0.570. The maximum absolute atomic E-state index is 12.5. The van der Waals surface area contributed by atoms with Gasteiger partial charge in [-0.05, 0) is 32.8 Å². The predicted octanol–water partition coefficient (Wildman–Crippen LogP) is 1.75. The molecule has 0 saturated carbocycles. The van der Waals surface area contributed by atoms with Gasteiger partial charge in [-0.15, -0.1) is 0 Å². The van der Waals surface area contributed by atoms with Gasteiger partial charge in [0.25, 0.3) is 0 Å². The first kappa shape index (κ1) is 16.2. The van der Waals surface area contributed by atoms with Crippen LogP contribution >= 0.6 is 0 Å². The minimum absolute atomic E-state index is 0.146. The molecule has 1 aliphatic heterocycles. The third-order valence-electron chi connectivity index (χ3n) is 3.85. The molecule has 0 radical (unpaired) electrons. The molecule has 1 aromatic rings. The number of nitrogens with zero attached hydrogens (tertiary/aromatic N) is 1. The van der Waals surface area contributed by atoms with Crippen molar-refractivity contribution in [3.63, 3.8) is 0 Å². The highest BCUT2D eigenvalue weighted by Gasteiger charge is 2.40. The van der Waals surface area contributed by atoms with Crippen LogP contribution in [-0.4, -0.2) is 38.2 Å². The van der Waals surface area contributed by atoms with Crippen molar-refractivity contribution in [2.45, 2.75) is 50.2 Å². The Balaban J connectivity index is 2.19. The van der Waals surface area contributed by atoms with E-state index in [1.807, 2.05) is 20.8 Å². The van der Waals surface area contributed by atoms with E-state index in [4.69, 9.17) is 4.74 Å². The van der Waals surface area contributed by atoms with Gasteiger partial charge in [-0.1, -0.05) is 6.92 Å². The average Bonchev–Trinajstić information content (AvgIpc) is 2.75. The van der Waals surface area contributed by atoms with Gasteiger partial charge >= 0.3 is 0 Å². The highest BCUT2D eigenvalue weighted by Crippen LogP contribution is 2.27. The average molecular weight is 313 g/mol. The minimum atomic E-state index is -3.59. The van der Waals surface area contributed by atoms with Crippen molar-refractivity contribution >= 4 is 15.8 Å². The molecule has 6 nitrogen and oxygen atoms in total. The first-order valence-electron chi connectivity index (χ1n) is 7.23. The molecule has 0 aliphatic carbocycles. The van der Waals surface area contributed by atoms with Crippen molar-refractivity contribution in [1.29, 1.82) is 0 Å². The van der Waals surface area contributed by atoms with E-state index in [1.54, 1.807) is 6.07 Å². The summed E-state index contributed by atoms with van der Waals surface area (Å²) in [6, 6.07) is 3.06. The number of aromatic nitrogens is 1. The lowest BCUT2D eigenvalue weighted by Crippen LogP contribution is -2.50. The van der Waals surface area contributed by atoms with E-state index in [2.05, 4.69) is 15.0 Å². The number of pyridine rings is 1. The van der Waals surface area contributed by atoms with Crippen LogP contribution in [0, 0.1) is 0 Å². The first-order valence-corrected chi connectivity index (χ1v) is 8.71. The molecule has 7 heteroatoms. The Kier molecular flexibility index (Phi) is 4.85. The smallest absolute Gasteiger partial charge is 0.241 e. The van der Waals surface area contributed by atoms with Crippen molar-refractivity contribution in [3.05, 3.63) is 18.3 Å². The van der Waals surface area contributed by atoms with Crippen LogP contribution in [0.1, 0.15) is 33.6 Å². The van der Waals surface area contributed by atoms with Gasteiger partial charge in [-0.25, -0.2) is 18.1 Å². The van der Waals surface area contributed by atoms with Gasteiger partial charge in [0.15, 0.2) is 0 Å². The Morgan fingerprint density at radius 3 is 2.90 bits per heavy atom. The van der Waals surface area contributed by atoms with Crippen LogP contribution < -0.4 is 10.0 Å². The van der Waals surface area contributed by atoms with E-state index in [0.717, 1.165) is 13.0 Å². The molecule has 0 aromatic carbocycles. The molecule has 118 valence electrons. The molecule has 0 spiro atoms. The molecule has 2 rings (SSSR count). The van der Waals surface area contributed by atoms with Gasteiger partial charge in [0.05, 0.1) is 16.5 Å². The van der Waals surface area contributed by atoms with Crippen molar-refractivity contribution in [2.24, 2.45) is 0 Å². The summed E-state index contributed by atoms with van der Waals surface area (Å²) in [6.07, 6.45) is 2.97. The number of hydrogen-bond donors (Lipinski definition) is 2. The second-order valence-corrected chi connectivity index (χ2v) is 7.27. The summed E-state index contributed by atoms with van der Waals surface area (Å²) >= 11 is 0. The lowest BCUT2D eigenvalue weighted by atomic mass is 9.97. The van der Waals surface area contributed by atoms with Crippen LogP contribution in [0.4, 0.5) is 5.82 Å². The van der Waals surface area contributed by atoms with E-state index < -0.39 is 15.6 Å². The standard InChI is InChI=1S/C14H23N3O3S/c1-4-7-15-13-10-12(5-8-16-13)21(18,19)17-14(3)6-9-20-11(14)2/h5,8,10-11,17H,4,6-7,9H2,1-3H3,(H,15,16). The van der Waals surface area contributed by atoms with E-state index in [1.165, 1.54) is 12.3 Å². The number of hydrogen-bond acceptors (Lipinski definition) is 5. The van der Waals surface area contributed by atoms with Gasteiger partial charge in [0.1, 0.15) is 5.82 Å². The molecular formula is C14H23N3O3S. The molecule has 2 atom stereocenters. The van der Waals surface area contributed by atoms with Crippen molar-refractivity contribution < 1.29 is 13.2 Å². The number of rotatable bonds is 6. The third kappa shape index (κ3) is 3.72. The fraction of sp³-hybridized carbons (Fsp3) is 0.643. The van der Waals surface area contributed by atoms with E-state index in [9.17, 15) is 8.42 Å². The fourth-order valence-electron chi connectivity index (χ4n) is 2.26. The van der Waals surface area contributed by atoms with Crippen LogP contribution in [0.2, 0.25) is 0 Å². The summed E-state index contributed by atoms with van der Waals surface area (Å²) in [7, 11) is -3.59. The number of anilines is 1. The maximum atomic E-state index is 12.5. The monoisotopic (exact) mass is 313 g/mol. The third-order valence-corrected chi connectivity index (χ3v) is 5.46. The summed E-state index contributed by atoms with van der Waals surface area (Å²) in [4.78, 5) is 4.35. The molecule has 2 unspecified atom stereocenters. The topological polar surface area (TPSA) is 80.3 Å². The summed E-state index contributed by atoms with van der Waals surface area (Å²) in [6.45, 7) is 7.12. The molecule has 2 N–H and O–H groups in total. The van der Waals surface area contributed by atoms with E-state index >= 15 is 0 Å². The Hall–Kier alpha value is -1.18. The maximum Gasteiger partial charge on any atom is 0.241 e. The summed E-state index contributed by atoms with van der Waals surface area (Å²) in [5, 5.41) is 3.09. The number of nitrogens with one attached hydrogen (secondary N) is 2. The molecule has 1 aromatic heterocycles. The van der Waals surface area contributed by atoms with Crippen LogP contribution in [0.5, 0.6) is 0 Å². The largest absolute Gasteiger partial charge is 0.376 e. The zero-order valence-electron chi connectivity index (χ0n) is 12.7. The van der Waals surface area contributed by atoms with Gasteiger partial charge in [-0.3, -0.25) is 0 Å². The first-order chi connectivity index (χ1) is 9.87. The van der Waals surface area contributed by atoms with E-state index in [0.29, 0.717) is 18.8 Å². The number of sulfonamides is 1. The highest BCUT2D eigenvalue weighted by atomic mass is 32.2. The van der Waals surface area contributed by atoms with Gasteiger partial charge in [0.2, 0.25) is 10.0 Å². The molecule has 21 heavy (non-hydrogen) atoms. The second kappa shape index (κ2) is 6.29. The SMILES string of the molecule is CCCNc1cc(S(=O)(=O)NC2(C)CCOC2C)ccn1. The van der Waals surface area contributed by atoms with Crippen LogP contribution in [0.3, 0.4) is 0 Å². The molecule has 2 heterocycles. The van der Waals surface area contributed by atoms with Crippen LogP contribution in [0.15, 0.2) is 23.2 Å². The van der Waals surface area contributed by atoms with Crippen LogP contribution in [0.25, 0.3) is 0 Å². The highest BCUT2D eigenvalue weighted by molar-refractivity contribution is 7.89. The molecule has 0 bridgehead atoms. The Labute approximate surface area is 126 Å². The Morgan fingerprint density at radius 1 is 1.52 bits per heavy atom. The molecule has 1 aliphatic rings. The summed E-state index contributed by atoms with van der Waals surface area (Å²) in [5.41, 5.74) is -0.570. The van der Waals surface area contributed by atoms with Crippen molar-refractivity contribution in [2.75, 3.05) is 18.5 Å². The predicted molar refractivity (Wildman–Crippen MR) is 81.8 cm³/mol. The molecule has 1 saturated heterocycles. The quantitative estimate of drug-likeness (QED) is 0.836. The summed E-state index contributed by atoms with van der Waals surface area (Å²) < 4.78 is 33.3. The molecular weight excluding hydrogens is 290 g/mol.